The number of carbonyl (C=O) groups is 1. The Morgan fingerprint density at radius 3 is 2.83 bits per heavy atom. The molecule has 0 aromatic carbocycles. The third-order valence-corrected chi connectivity index (χ3v) is 4.37. The molecule has 0 spiro atoms. The second kappa shape index (κ2) is 5.88. The van der Waals surface area contributed by atoms with Crippen LogP contribution in [0.4, 0.5) is 18.3 Å². The standard InChI is InChI=1S/C14H13F3N4OS/c1-7-19-10-3-2-8(12(22)21-13-18-4-5-23-13)6-9(10)11(20-7)14(15,16)17/h4-5,8H,2-3,6H2,1H3,(H,18,21,22). The Labute approximate surface area is 134 Å². The fourth-order valence-electron chi connectivity index (χ4n) is 2.69. The molecule has 0 saturated carbocycles. The third kappa shape index (κ3) is 3.34. The molecule has 0 bridgehead atoms. The molecule has 2 aromatic heterocycles. The van der Waals surface area contributed by atoms with E-state index in [0.29, 0.717) is 23.7 Å². The summed E-state index contributed by atoms with van der Waals surface area (Å²) in [5.41, 5.74) is -0.497. The quantitative estimate of drug-likeness (QED) is 0.911. The maximum absolute atomic E-state index is 13.2. The van der Waals surface area contributed by atoms with Gasteiger partial charge in [-0.1, -0.05) is 0 Å². The topological polar surface area (TPSA) is 67.8 Å². The van der Waals surface area contributed by atoms with Gasteiger partial charge in [0.1, 0.15) is 5.82 Å². The Kier molecular flexibility index (Phi) is 4.05. The van der Waals surface area contributed by atoms with Gasteiger partial charge in [-0.05, 0) is 26.2 Å². The Balaban J connectivity index is 1.86. The molecule has 1 amide bonds. The van der Waals surface area contributed by atoms with Crippen molar-refractivity contribution in [2.45, 2.75) is 32.4 Å². The molecule has 23 heavy (non-hydrogen) atoms. The van der Waals surface area contributed by atoms with Gasteiger partial charge in [0.25, 0.3) is 0 Å². The summed E-state index contributed by atoms with van der Waals surface area (Å²) in [4.78, 5) is 23.8. The normalized spacial score (nSPS) is 17.7. The summed E-state index contributed by atoms with van der Waals surface area (Å²) in [6, 6.07) is 0. The lowest BCUT2D eigenvalue weighted by Gasteiger charge is -2.25. The van der Waals surface area contributed by atoms with Crippen molar-refractivity contribution in [3.05, 3.63) is 34.4 Å². The van der Waals surface area contributed by atoms with Crippen LogP contribution < -0.4 is 5.32 Å². The van der Waals surface area contributed by atoms with E-state index in [2.05, 4.69) is 20.3 Å². The number of nitrogens with one attached hydrogen (secondary N) is 1. The van der Waals surface area contributed by atoms with Crippen molar-refractivity contribution in [1.82, 2.24) is 15.0 Å². The van der Waals surface area contributed by atoms with Crippen LogP contribution in [0.2, 0.25) is 0 Å². The highest BCUT2D eigenvalue weighted by molar-refractivity contribution is 7.13. The van der Waals surface area contributed by atoms with Crippen molar-refractivity contribution in [1.29, 1.82) is 0 Å². The van der Waals surface area contributed by atoms with Crippen LogP contribution in [-0.4, -0.2) is 20.9 Å². The maximum atomic E-state index is 13.2. The van der Waals surface area contributed by atoms with E-state index in [1.807, 2.05) is 0 Å². The van der Waals surface area contributed by atoms with E-state index in [-0.39, 0.29) is 23.7 Å². The van der Waals surface area contributed by atoms with Gasteiger partial charge in [-0.3, -0.25) is 4.79 Å². The van der Waals surface area contributed by atoms with Crippen molar-refractivity contribution in [3.63, 3.8) is 0 Å². The van der Waals surface area contributed by atoms with Crippen LogP contribution in [0.1, 0.15) is 29.2 Å². The van der Waals surface area contributed by atoms with E-state index >= 15 is 0 Å². The SMILES string of the molecule is Cc1nc2c(c(C(F)(F)F)n1)CC(C(=O)Nc1nccs1)CC2. The zero-order chi connectivity index (χ0) is 16.6. The van der Waals surface area contributed by atoms with Crippen LogP contribution >= 0.6 is 11.3 Å². The Morgan fingerprint density at radius 2 is 2.17 bits per heavy atom. The highest BCUT2D eigenvalue weighted by atomic mass is 32.1. The Bertz CT molecular complexity index is 730. The molecular formula is C14H13F3N4OS. The molecule has 0 aliphatic heterocycles. The molecule has 1 aliphatic carbocycles. The van der Waals surface area contributed by atoms with Crippen LogP contribution in [-0.2, 0) is 23.8 Å². The number of halogens is 3. The lowest BCUT2D eigenvalue weighted by molar-refractivity contribution is -0.142. The van der Waals surface area contributed by atoms with Crippen LogP contribution in [0.25, 0.3) is 0 Å². The maximum Gasteiger partial charge on any atom is 0.433 e. The largest absolute Gasteiger partial charge is 0.433 e. The first-order chi connectivity index (χ1) is 10.8. The summed E-state index contributed by atoms with van der Waals surface area (Å²) in [6.45, 7) is 1.44. The average molecular weight is 342 g/mol. The molecule has 2 heterocycles. The summed E-state index contributed by atoms with van der Waals surface area (Å²) < 4.78 is 39.6. The molecule has 0 fully saturated rings. The van der Waals surface area contributed by atoms with Gasteiger partial charge in [-0.2, -0.15) is 13.2 Å². The monoisotopic (exact) mass is 342 g/mol. The first-order valence-corrected chi connectivity index (χ1v) is 7.86. The highest BCUT2D eigenvalue weighted by Gasteiger charge is 2.39. The Morgan fingerprint density at radius 1 is 1.39 bits per heavy atom. The van der Waals surface area contributed by atoms with Crippen molar-refractivity contribution < 1.29 is 18.0 Å². The zero-order valence-corrected chi connectivity index (χ0v) is 13.0. The van der Waals surface area contributed by atoms with Crippen molar-refractivity contribution in [2.75, 3.05) is 5.32 Å². The third-order valence-electron chi connectivity index (χ3n) is 3.69. The molecule has 5 nitrogen and oxygen atoms in total. The molecule has 0 saturated heterocycles. The summed E-state index contributed by atoms with van der Waals surface area (Å²) >= 11 is 1.26. The van der Waals surface area contributed by atoms with Crippen LogP contribution in [0.5, 0.6) is 0 Å². The van der Waals surface area contributed by atoms with Gasteiger partial charge in [0.15, 0.2) is 10.8 Å². The van der Waals surface area contributed by atoms with E-state index in [0.717, 1.165) is 0 Å². The van der Waals surface area contributed by atoms with Gasteiger partial charge in [-0.15, -0.1) is 11.3 Å². The predicted molar refractivity (Wildman–Crippen MR) is 78.0 cm³/mol. The molecular weight excluding hydrogens is 329 g/mol. The molecule has 1 atom stereocenters. The number of rotatable bonds is 2. The zero-order valence-electron chi connectivity index (χ0n) is 12.1. The number of thiazole rings is 1. The van der Waals surface area contributed by atoms with Crippen molar-refractivity contribution >= 4 is 22.4 Å². The van der Waals surface area contributed by atoms with E-state index in [4.69, 9.17) is 0 Å². The van der Waals surface area contributed by atoms with Gasteiger partial charge in [0, 0.05) is 28.8 Å². The molecule has 3 rings (SSSR count). The van der Waals surface area contributed by atoms with Crippen molar-refractivity contribution in [2.24, 2.45) is 5.92 Å². The molecule has 1 aliphatic rings. The lowest BCUT2D eigenvalue weighted by Crippen LogP contribution is -2.31. The fraction of sp³-hybridized carbons (Fsp3) is 0.429. The molecule has 122 valence electrons. The summed E-state index contributed by atoms with van der Waals surface area (Å²) in [5.74, 6) is -0.764. The van der Waals surface area contributed by atoms with E-state index in [1.54, 1.807) is 11.6 Å². The van der Waals surface area contributed by atoms with Gasteiger partial charge < -0.3 is 5.32 Å². The number of carbonyl (C=O) groups excluding carboxylic acids is 1. The number of amides is 1. The number of alkyl halides is 3. The first-order valence-electron chi connectivity index (χ1n) is 6.98. The molecule has 0 radical (unpaired) electrons. The highest BCUT2D eigenvalue weighted by Crippen LogP contribution is 2.36. The molecule has 1 unspecified atom stereocenters. The van der Waals surface area contributed by atoms with Gasteiger partial charge in [0.2, 0.25) is 5.91 Å². The van der Waals surface area contributed by atoms with Gasteiger partial charge in [-0.25, -0.2) is 15.0 Å². The second-order valence-corrected chi connectivity index (χ2v) is 6.20. The number of fused-ring (bicyclic) bond motifs is 1. The second-order valence-electron chi connectivity index (χ2n) is 5.31. The predicted octanol–water partition coefficient (Wildman–Crippen LogP) is 3.00. The fourth-order valence-corrected chi connectivity index (χ4v) is 3.22. The number of hydrogen-bond acceptors (Lipinski definition) is 5. The number of anilines is 1. The van der Waals surface area contributed by atoms with E-state index in [1.165, 1.54) is 18.3 Å². The minimum atomic E-state index is -4.55. The van der Waals surface area contributed by atoms with E-state index in [9.17, 15) is 18.0 Å². The molecule has 1 N–H and O–H groups in total. The van der Waals surface area contributed by atoms with E-state index < -0.39 is 17.8 Å². The number of nitrogens with zero attached hydrogens (tertiary/aromatic N) is 3. The van der Waals surface area contributed by atoms with Gasteiger partial charge >= 0.3 is 6.18 Å². The smallest absolute Gasteiger partial charge is 0.302 e. The number of aromatic nitrogens is 3. The minimum Gasteiger partial charge on any atom is -0.302 e. The molecule has 9 heteroatoms. The summed E-state index contributed by atoms with van der Waals surface area (Å²) in [7, 11) is 0. The van der Waals surface area contributed by atoms with Crippen LogP contribution in [0.3, 0.4) is 0 Å². The Hall–Kier alpha value is -2.03. The summed E-state index contributed by atoms with van der Waals surface area (Å²) in [6.07, 6.45) is -2.22. The lowest BCUT2D eigenvalue weighted by atomic mass is 9.85. The van der Waals surface area contributed by atoms with Gasteiger partial charge in [0.05, 0.1) is 0 Å². The minimum absolute atomic E-state index is 0.0122. The van der Waals surface area contributed by atoms with Crippen molar-refractivity contribution in [3.8, 4) is 0 Å². The van der Waals surface area contributed by atoms with Crippen LogP contribution in [0, 0.1) is 12.8 Å². The average Bonchev–Trinajstić information content (AvgIpc) is 2.97. The summed E-state index contributed by atoms with van der Waals surface area (Å²) in [5, 5.41) is 4.79. The number of hydrogen-bond donors (Lipinski definition) is 1. The first kappa shape index (κ1) is 15.9. The molecule has 2 aromatic rings. The van der Waals surface area contributed by atoms with Crippen LogP contribution in [0.15, 0.2) is 11.6 Å². The number of aryl methyl sites for hydroxylation is 2.